The van der Waals surface area contributed by atoms with E-state index >= 15 is 0 Å². The smallest absolute Gasteiger partial charge is 0.242 e. The van der Waals surface area contributed by atoms with E-state index in [1.54, 1.807) is 0 Å². The minimum atomic E-state index is -0.670. The molecule has 0 saturated carbocycles. The lowest BCUT2D eigenvalue weighted by Crippen LogP contribution is -2.52. The average molecular weight is 731 g/mol. The summed E-state index contributed by atoms with van der Waals surface area (Å²) in [5.41, 5.74) is 9.39. The number of rotatable bonds is 24. The van der Waals surface area contributed by atoms with Gasteiger partial charge in [-0.1, -0.05) is 79.7 Å². The highest BCUT2D eigenvalue weighted by Crippen LogP contribution is 2.11. The Morgan fingerprint density at radius 2 is 0.962 bits per heavy atom. The Balaban J connectivity index is 1.77. The van der Waals surface area contributed by atoms with Gasteiger partial charge in [0, 0.05) is 46.1 Å². The number of carbonyl (C=O) groups excluding carboxylic acids is 5. The van der Waals surface area contributed by atoms with Gasteiger partial charge in [-0.15, -0.1) is 0 Å². The van der Waals surface area contributed by atoms with Crippen molar-refractivity contribution in [1.29, 1.82) is 0 Å². The number of nitrogens with one attached hydrogen (secondary N) is 1. The molecule has 0 aromatic heterocycles. The van der Waals surface area contributed by atoms with E-state index in [-0.39, 0.29) is 78.0 Å². The molecule has 0 unspecified atom stereocenters. The summed E-state index contributed by atoms with van der Waals surface area (Å²) in [6.07, 6.45) is 1.86. The molecule has 0 spiro atoms. The van der Waals surface area contributed by atoms with Crippen LogP contribution in [-0.2, 0) is 52.7 Å². The number of nitrogens with two attached hydrogens (primary N) is 1. The first-order valence-electron chi connectivity index (χ1n) is 17.9. The first-order chi connectivity index (χ1) is 25.6. The van der Waals surface area contributed by atoms with Crippen LogP contribution in [-0.4, -0.2) is 135 Å². The molecule has 0 aliphatic rings. The van der Waals surface area contributed by atoms with Gasteiger partial charge in [-0.25, -0.2) is 0 Å². The minimum absolute atomic E-state index is 0.0373. The SMILES string of the molecule is CCc1ccc(NCC(=O)N(CCOC)CC(=O)N(CCc2ccccc2)CC(=O)N(CCOC)CC(=O)N(CCc2ccccc2)CC(N)=O)cc1. The number of primary amides is 1. The number of amides is 5. The van der Waals surface area contributed by atoms with Crippen LogP contribution < -0.4 is 11.1 Å². The normalized spacial score (nSPS) is 10.7. The molecular weight excluding hydrogens is 676 g/mol. The van der Waals surface area contributed by atoms with Crippen molar-refractivity contribution in [2.45, 2.75) is 26.2 Å². The van der Waals surface area contributed by atoms with Crippen LogP contribution in [0.15, 0.2) is 84.9 Å². The molecule has 0 radical (unpaired) electrons. The predicted octanol–water partition coefficient (Wildman–Crippen LogP) is 2.24. The fourth-order valence-corrected chi connectivity index (χ4v) is 5.51. The van der Waals surface area contributed by atoms with Crippen molar-refractivity contribution < 1.29 is 33.4 Å². The summed E-state index contributed by atoms with van der Waals surface area (Å²) in [6, 6.07) is 26.9. The number of carbonyl (C=O) groups is 5. The number of methoxy groups -OCH3 is 2. The van der Waals surface area contributed by atoms with Crippen molar-refractivity contribution in [1.82, 2.24) is 19.6 Å². The van der Waals surface area contributed by atoms with E-state index in [9.17, 15) is 24.0 Å². The molecule has 0 aliphatic carbocycles. The van der Waals surface area contributed by atoms with E-state index in [0.29, 0.717) is 12.8 Å². The second-order valence-electron chi connectivity index (χ2n) is 12.6. The molecule has 3 rings (SSSR count). The Kier molecular flexibility index (Phi) is 18.5. The quantitative estimate of drug-likeness (QED) is 0.142. The van der Waals surface area contributed by atoms with Gasteiger partial charge in [0.15, 0.2) is 0 Å². The van der Waals surface area contributed by atoms with Crippen molar-refractivity contribution >= 4 is 35.2 Å². The van der Waals surface area contributed by atoms with E-state index < -0.39 is 23.6 Å². The first kappa shape index (κ1) is 42.1. The van der Waals surface area contributed by atoms with E-state index in [2.05, 4.69) is 12.2 Å². The third-order valence-electron chi connectivity index (χ3n) is 8.70. The van der Waals surface area contributed by atoms with Gasteiger partial charge < -0.3 is 40.1 Å². The van der Waals surface area contributed by atoms with Gasteiger partial charge in [0.05, 0.1) is 45.9 Å². The second kappa shape index (κ2) is 23.3. The molecule has 0 aliphatic heterocycles. The molecule has 0 atom stereocenters. The number of aryl methyl sites for hydroxylation is 1. The number of anilines is 1. The van der Waals surface area contributed by atoms with Crippen molar-refractivity contribution in [3.05, 3.63) is 102 Å². The molecule has 0 saturated heterocycles. The van der Waals surface area contributed by atoms with Crippen LogP contribution in [0, 0.1) is 0 Å². The zero-order valence-electron chi connectivity index (χ0n) is 31.2. The topological polar surface area (TPSA) is 155 Å². The lowest BCUT2D eigenvalue weighted by atomic mass is 10.1. The van der Waals surface area contributed by atoms with E-state index in [1.807, 2.05) is 84.9 Å². The Labute approximate surface area is 313 Å². The highest BCUT2D eigenvalue weighted by atomic mass is 16.5. The minimum Gasteiger partial charge on any atom is -0.383 e. The van der Waals surface area contributed by atoms with Gasteiger partial charge in [0.1, 0.15) is 0 Å². The zero-order valence-corrected chi connectivity index (χ0v) is 31.2. The Morgan fingerprint density at radius 3 is 1.38 bits per heavy atom. The molecule has 5 amide bonds. The van der Waals surface area contributed by atoms with Gasteiger partial charge in [0.2, 0.25) is 29.5 Å². The van der Waals surface area contributed by atoms with Crippen LogP contribution in [0.3, 0.4) is 0 Å². The maximum Gasteiger partial charge on any atom is 0.242 e. The number of hydrogen-bond donors (Lipinski definition) is 2. The molecule has 3 N–H and O–H groups in total. The molecule has 13 nitrogen and oxygen atoms in total. The summed E-state index contributed by atoms with van der Waals surface area (Å²) in [5.74, 6) is -2.34. The molecule has 3 aromatic carbocycles. The van der Waals surface area contributed by atoms with Crippen LogP contribution in [0.4, 0.5) is 5.69 Å². The third kappa shape index (κ3) is 15.5. The largest absolute Gasteiger partial charge is 0.383 e. The van der Waals surface area contributed by atoms with Crippen LogP contribution in [0.1, 0.15) is 23.6 Å². The lowest BCUT2D eigenvalue weighted by Gasteiger charge is -2.31. The van der Waals surface area contributed by atoms with Gasteiger partial charge >= 0.3 is 0 Å². The van der Waals surface area contributed by atoms with Gasteiger partial charge in [-0.3, -0.25) is 24.0 Å². The Bertz CT molecular complexity index is 1570. The van der Waals surface area contributed by atoms with E-state index in [0.717, 1.165) is 23.2 Å². The van der Waals surface area contributed by atoms with Crippen LogP contribution >= 0.6 is 0 Å². The van der Waals surface area contributed by atoms with E-state index in [4.69, 9.17) is 15.2 Å². The lowest BCUT2D eigenvalue weighted by molar-refractivity contribution is -0.146. The third-order valence-corrected chi connectivity index (χ3v) is 8.70. The molecular formula is C40H54N6O7. The fraction of sp³-hybridized carbons (Fsp3) is 0.425. The molecule has 0 heterocycles. The highest BCUT2D eigenvalue weighted by Gasteiger charge is 2.27. The Hall–Kier alpha value is -5.27. The van der Waals surface area contributed by atoms with Gasteiger partial charge in [0.25, 0.3) is 0 Å². The van der Waals surface area contributed by atoms with Crippen molar-refractivity contribution in [2.24, 2.45) is 5.73 Å². The first-order valence-corrected chi connectivity index (χ1v) is 17.9. The summed E-state index contributed by atoms with van der Waals surface area (Å²) in [4.78, 5) is 72.3. The maximum atomic E-state index is 14.0. The summed E-state index contributed by atoms with van der Waals surface area (Å²) in [5, 5.41) is 3.13. The monoisotopic (exact) mass is 730 g/mol. The van der Waals surface area contributed by atoms with Crippen molar-refractivity contribution in [3.63, 3.8) is 0 Å². The van der Waals surface area contributed by atoms with Crippen LogP contribution in [0.25, 0.3) is 0 Å². The van der Waals surface area contributed by atoms with Crippen LogP contribution in [0.2, 0.25) is 0 Å². The van der Waals surface area contributed by atoms with Gasteiger partial charge in [-0.2, -0.15) is 0 Å². The standard InChI is InChI=1S/C40H54N6O7/c1-4-32-15-17-35(18-16-32)42-27-37(48)45(23-25-52-2)30-39(50)44(22-20-34-13-9-6-10-14-34)29-40(51)46(24-26-53-3)31-38(49)43(28-36(41)47)21-19-33-11-7-5-8-12-33/h5-18,42H,4,19-31H2,1-3H3,(H2,41,47). The number of benzene rings is 3. The van der Waals surface area contributed by atoms with Crippen molar-refractivity contribution in [3.8, 4) is 0 Å². The number of nitrogens with zero attached hydrogens (tertiary/aromatic N) is 4. The summed E-state index contributed by atoms with van der Waals surface area (Å²) < 4.78 is 10.5. The maximum absolute atomic E-state index is 14.0. The fourth-order valence-electron chi connectivity index (χ4n) is 5.51. The van der Waals surface area contributed by atoms with Gasteiger partial charge in [-0.05, 0) is 48.1 Å². The molecule has 0 fully saturated rings. The Morgan fingerprint density at radius 1 is 0.547 bits per heavy atom. The molecule has 286 valence electrons. The predicted molar refractivity (Wildman–Crippen MR) is 204 cm³/mol. The van der Waals surface area contributed by atoms with Crippen molar-refractivity contribution in [2.75, 3.05) is 91.7 Å². The zero-order chi connectivity index (χ0) is 38.4. The average Bonchev–Trinajstić information content (AvgIpc) is 3.17. The number of ether oxygens (including phenoxy) is 2. The van der Waals surface area contributed by atoms with E-state index in [1.165, 1.54) is 39.4 Å². The number of hydrogen-bond acceptors (Lipinski definition) is 8. The molecule has 53 heavy (non-hydrogen) atoms. The molecule has 3 aromatic rings. The molecule has 13 heteroatoms. The summed E-state index contributed by atoms with van der Waals surface area (Å²) in [6.45, 7) is 1.81. The summed E-state index contributed by atoms with van der Waals surface area (Å²) >= 11 is 0. The van der Waals surface area contributed by atoms with Crippen LogP contribution in [0.5, 0.6) is 0 Å². The molecule has 0 bridgehead atoms. The summed E-state index contributed by atoms with van der Waals surface area (Å²) in [7, 11) is 3.01. The highest BCUT2D eigenvalue weighted by molar-refractivity contribution is 5.91. The second-order valence-corrected chi connectivity index (χ2v) is 12.6.